The van der Waals surface area contributed by atoms with E-state index in [1.807, 2.05) is 0 Å². The molecule has 0 aliphatic carbocycles. The molecule has 1 aliphatic heterocycles. The van der Waals surface area contributed by atoms with Gasteiger partial charge in [0.15, 0.2) is 9.84 Å². The van der Waals surface area contributed by atoms with Crippen molar-refractivity contribution in [3.05, 3.63) is 0 Å². The van der Waals surface area contributed by atoms with Crippen LogP contribution in [0.2, 0.25) is 0 Å². The Labute approximate surface area is 118 Å². The molecule has 8 heteroatoms. The van der Waals surface area contributed by atoms with E-state index in [-0.39, 0.29) is 17.9 Å². The topological polar surface area (TPSA) is 110 Å². The molecule has 7 nitrogen and oxygen atoms in total. The van der Waals surface area contributed by atoms with Crippen molar-refractivity contribution in [3.8, 4) is 0 Å². The van der Waals surface area contributed by atoms with Gasteiger partial charge in [0.1, 0.15) is 5.60 Å². The number of alkyl carbamates (subject to hydrolysis) is 1. The zero-order chi connectivity index (χ0) is 15.8. The number of carbonyl (C=O) groups is 2. The van der Waals surface area contributed by atoms with Crippen molar-refractivity contribution in [2.45, 2.75) is 45.3 Å². The van der Waals surface area contributed by atoms with Gasteiger partial charge in [-0.1, -0.05) is 0 Å². The largest absolute Gasteiger partial charge is 0.481 e. The Bertz CT molecular complexity index is 495. The maximum absolute atomic E-state index is 11.8. The highest BCUT2D eigenvalue weighted by molar-refractivity contribution is 7.92. The standard InChI is InChI=1S/C12H21NO6S/c1-11(2,3)19-10(16)13-12(4,5-9(14)15)8-6-20(17,18)7-8/h8H,5-7H2,1-4H3,(H,13,16)(H,14,15). The molecule has 1 fully saturated rings. The predicted molar refractivity (Wildman–Crippen MR) is 72.2 cm³/mol. The molecule has 0 radical (unpaired) electrons. The van der Waals surface area contributed by atoms with Gasteiger partial charge in [0.25, 0.3) is 0 Å². The van der Waals surface area contributed by atoms with E-state index in [0.717, 1.165) is 0 Å². The van der Waals surface area contributed by atoms with Gasteiger partial charge < -0.3 is 15.2 Å². The average molecular weight is 307 g/mol. The Morgan fingerprint density at radius 1 is 1.25 bits per heavy atom. The minimum atomic E-state index is -3.11. The third-order valence-electron chi connectivity index (χ3n) is 3.12. The van der Waals surface area contributed by atoms with E-state index in [1.54, 1.807) is 20.8 Å². The van der Waals surface area contributed by atoms with E-state index >= 15 is 0 Å². The highest BCUT2D eigenvalue weighted by Crippen LogP contribution is 2.32. The van der Waals surface area contributed by atoms with Crippen molar-refractivity contribution < 1.29 is 27.9 Å². The first-order chi connectivity index (χ1) is 8.83. The van der Waals surface area contributed by atoms with Crippen LogP contribution in [0.15, 0.2) is 0 Å². The quantitative estimate of drug-likeness (QED) is 0.794. The van der Waals surface area contributed by atoms with Crippen LogP contribution in [0.4, 0.5) is 4.79 Å². The van der Waals surface area contributed by atoms with Crippen LogP contribution in [-0.4, -0.2) is 48.2 Å². The molecule has 20 heavy (non-hydrogen) atoms. The van der Waals surface area contributed by atoms with Gasteiger partial charge in [-0.15, -0.1) is 0 Å². The normalized spacial score (nSPS) is 21.4. The number of rotatable bonds is 4. The Balaban J connectivity index is 2.79. The Morgan fingerprint density at radius 2 is 1.75 bits per heavy atom. The molecule has 1 amide bonds. The number of ether oxygens (including phenoxy) is 1. The van der Waals surface area contributed by atoms with E-state index in [0.29, 0.717) is 0 Å². The lowest BCUT2D eigenvalue weighted by Gasteiger charge is -2.42. The lowest BCUT2D eigenvalue weighted by Crippen LogP contribution is -2.61. The number of sulfone groups is 1. The maximum Gasteiger partial charge on any atom is 0.408 e. The van der Waals surface area contributed by atoms with Crippen molar-refractivity contribution in [3.63, 3.8) is 0 Å². The number of aliphatic carboxylic acids is 1. The lowest BCUT2D eigenvalue weighted by atomic mass is 9.84. The van der Waals surface area contributed by atoms with E-state index in [2.05, 4.69) is 5.32 Å². The molecule has 1 heterocycles. The molecule has 0 bridgehead atoms. The summed E-state index contributed by atoms with van der Waals surface area (Å²) >= 11 is 0. The lowest BCUT2D eigenvalue weighted by molar-refractivity contribution is -0.139. The van der Waals surface area contributed by atoms with Crippen LogP contribution in [0.5, 0.6) is 0 Å². The van der Waals surface area contributed by atoms with Gasteiger partial charge in [-0.3, -0.25) is 4.79 Å². The van der Waals surface area contributed by atoms with E-state index in [9.17, 15) is 18.0 Å². The van der Waals surface area contributed by atoms with Gasteiger partial charge >= 0.3 is 12.1 Å². The summed E-state index contributed by atoms with van der Waals surface area (Å²) in [5.74, 6) is -1.76. The minimum Gasteiger partial charge on any atom is -0.481 e. The van der Waals surface area contributed by atoms with Crippen molar-refractivity contribution in [1.82, 2.24) is 5.32 Å². The first-order valence-electron chi connectivity index (χ1n) is 6.26. The molecule has 116 valence electrons. The van der Waals surface area contributed by atoms with Crippen molar-refractivity contribution in [1.29, 1.82) is 0 Å². The fraction of sp³-hybridized carbons (Fsp3) is 0.833. The molecule has 1 unspecified atom stereocenters. The zero-order valence-electron chi connectivity index (χ0n) is 12.1. The van der Waals surface area contributed by atoms with Gasteiger partial charge in [-0.05, 0) is 27.7 Å². The van der Waals surface area contributed by atoms with Crippen LogP contribution in [0, 0.1) is 5.92 Å². The molecule has 1 saturated heterocycles. The number of carboxylic acid groups (broad SMARTS) is 1. The highest BCUT2D eigenvalue weighted by atomic mass is 32.2. The highest BCUT2D eigenvalue weighted by Gasteiger charge is 2.48. The fourth-order valence-corrected chi connectivity index (χ4v) is 3.94. The van der Waals surface area contributed by atoms with Crippen LogP contribution in [-0.2, 0) is 19.4 Å². The SMILES string of the molecule is CC(C)(C)OC(=O)NC(C)(CC(=O)O)C1CS(=O)(=O)C1. The third-order valence-corrected chi connectivity index (χ3v) is 4.94. The van der Waals surface area contributed by atoms with Gasteiger partial charge in [0.05, 0.1) is 23.5 Å². The number of hydrogen-bond acceptors (Lipinski definition) is 5. The summed E-state index contributed by atoms with van der Waals surface area (Å²) in [5, 5.41) is 11.5. The van der Waals surface area contributed by atoms with Crippen LogP contribution in [0.25, 0.3) is 0 Å². The molecule has 1 atom stereocenters. The molecule has 0 spiro atoms. The van der Waals surface area contributed by atoms with Crippen molar-refractivity contribution in [2.75, 3.05) is 11.5 Å². The molecular formula is C12H21NO6S. The average Bonchev–Trinajstić information content (AvgIpc) is 2.08. The summed E-state index contributed by atoms with van der Waals surface area (Å²) in [4.78, 5) is 22.7. The summed E-state index contributed by atoms with van der Waals surface area (Å²) in [6, 6.07) is 0. The van der Waals surface area contributed by atoms with Crippen molar-refractivity contribution >= 4 is 21.9 Å². The third kappa shape index (κ3) is 4.66. The second-order valence-electron chi connectivity index (χ2n) is 6.39. The summed E-state index contributed by atoms with van der Waals surface area (Å²) in [6.07, 6.45) is -1.10. The van der Waals surface area contributed by atoms with Crippen LogP contribution in [0.1, 0.15) is 34.1 Å². The van der Waals surface area contributed by atoms with Crippen molar-refractivity contribution in [2.24, 2.45) is 5.92 Å². The van der Waals surface area contributed by atoms with Gasteiger partial charge in [-0.2, -0.15) is 0 Å². The first-order valence-corrected chi connectivity index (χ1v) is 8.08. The number of hydrogen-bond donors (Lipinski definition) is 2. The van der Waals surface area contributed by atoms with Gasteiger partial charge in [0, 0.05) is 5.92 Å². The fourth-order valence-electron chi connectivity index (χ4n) is 2.07. The number of carbonyl (C=O) groups excluding carboxylic acids is 1. The van der Waals surface area contributed by atoms with E-state index in [4.69, 9.17) is 9.84 Å². The predicted octanol–water partition coefficient (Wildman–Crippen LogP) is 0.789. The van der Waals surface area contributed by atoms with Crippen LogP contribution in [0.3, 0.4) is 0 Å². The first kappa shape index (κ1) is 16.7. The monoisotopic (exact) mass is 307 g/mol. The summed E-state index contributed by atoms with van der Waals surface area (Å²) in [7, 11) is -3.11. The summed E-state index contributed by atoms with van der Waals surface area (Å²) in [5.41, 5.74) is -1.85. The molecule has 1 aliphatic rings. The van der Waals surface area contributed by atoms with Crippen LogP contribution >= 0.6 is 0 Å². The van der Waals surface area contributed by atoms with Gasteiger partial charge in [-0.25, -0.2) is 13.2 Å². The Morgan fingerprint density at radius 3 is 2.10 bits per heavy atom. The van der Waals surface area contributed by atoms with Crippen LogP contribution < -0.4 is 5.32 Å². The zero-order valence-corrected chi connectivity index (χ0v) is 12.9. The maximum atomic E-state index is 11.8. The Hall–Kier alpha value is -1.31. The summed E-state index contributed by atoms with van der Waals surface area (Å²) < 4.78 is 27.6. The van der Waals surface area contributed by atoms with E-state index in [1.165, 1.54) is 6.92 Å². The number of amides is 1. The molecular weight excluding hydrogens is 286 g/mol. The second kappa shape index (κ2) is 5.23. The number of carboxylic acids is 1. The molecule has 0 saturated carbocycles. The molecule has 0 aromatic carbocycles. The summed E-state index contributed by atoms with van der Waals surface area (Å²) in [6.45, 7) is 6.60. The molecule has 0 aromatic rings. The smallest absolute Gasteiger partial charge is 0.408 e. The molecule has 2 N–H and O–H groups in total. The molecule has 1 rings (SSSR count). The minimum absolute atomic E-state index is 0.118. The number of nitrogens with one attached hydrogen (secondary N) is 1. The Kier molecular flexibility index (Phi) is 4.38. The molecule has 0 aromatic heterocycles. The second-order valence-corrected chi connectivity index (χ2v) is 8.54. The van der Waals surface area contributed by atoms with E-state index < -0.39 is 39.0 Å². The van der Waals surface area contributed by atoms with Gasteiger partial charge in [0.2, 0.25) is 0 Å².